The number of amides is 1. The van der Waals surface area contributed by atoms with E-state index in [4.69, 9.17) is 9.26 Å². The van der Waals surface area contributed by atoms with Crippen LogP contribution in [0.5, 0.6) is 0 Å². The molecule has 2 fully saturated rings. The van der Waals surface area contributed by atoms with Gasteiger partial charge in [0.2, 0.25) is 11.7 Å². The van der Waals surface area contributed by atoms with Gasteiger partial charge in [-0.3, -0.25) is 4.79 Å². The summed E-state index contributed by atoms with van der Waals surface area (Å²) in [5.74, 6) is -0.358. The van der Waals surface area contributed by atoms with Gasteiger partial charge in [0, 0.05) is 49.7 Å². The Morgan fingerprint density at radius 3 is 2.80 bits per heavy atom. The van der Waals surface area contributed by atoms with Gasteiger partial charge in [-0.15, -0.1) is 0 Å². The number of benzene rings is 1. The molecule has 1 saturated heterocycles. The molecule has 3 aromatic heterocycles. The van der Waals surface area contributed by atoms with Gasteiger partial charge in [0.15, 0.2) is 0 Å². The number of alkyl halides is 4. The zero-order valence-corrected chi connectivity index (χ0v) is 25.4. The molecule has 1 aromatic carbocycles. The summed E-state index contributed by atoms with van der Waals surface area (Å²) in [5, 5.41) is 10.4. The van der Waals surface area contributed by atoms with Gasteiger partial charge in [0.1, 0.15) is 12.7 Å². The number of carbonyl (C=O) groups is 1. The molecular weight excluding hydrogens is 594 g/mol. The molecule has 10 nitrogen and oxygen atoms in total. The van der Waals surface area contributed by atoms with Gasteiger partial charge in [-0.05, 0) is 63.9 Å². The predicted molar refractivity (Wildman–Crippen MR) is 160 cm³/mol. The molecule has 14 heteroatoms. The SMILES string of the molecule is CO[C@@]1(C)CC[C@@H](n2ccc(C(=O)NCc3nc(-c4cc5c(N[C@@H]6CCN(C)C[C@@H]6F)cccc5n4CC(F)(F)F)no3)c2)C1. The summed E-state index contributed by atoms with van der Waals surface area (Å²) < 4.78 is 70.0. The number of piperidine rings is 1. The number of nitrogens with one attached hydrogen (secondary N) is 2. The molecule has 4 aromatic rings. The van der Waals surface area contributed by atoms with Crippen LogP contribution in [0.25, 0.3) is 22.4 Å². The minimum atomic E-state index is -4.53. The van der Waals surface area contributed by atoms with Crippen molar-refractivity contribution in [2.45, 2.75) is 75.7 Å². The van der Waals surface area contributed by atoms with E-state index in [0.717, 1.165) is 23.8 Å². The molecule has 0 radical (unpaired) electrons. The number of halogens is 4. The van der Waals surface area contributed by atoms with Crippen molar-refractivity contribution in [1.29, 1.82) is 0 Å². The summed E-state index contributed by atoms with van der Waals surface area (Å²) in [7, 11) is 3.56. The van der Waals surface area contributed by atoms with E-state index in [1.807, 2.05) is 22.7 Å². The molecule has 0 spiro atoms. The average Bonchev–Trinajstić information content (AvgIpc) is 3.79. The average molecular weight is 632 g/mol. The molecule has 0 bridgehead atoms. The predicted octanol–water partition coefficient (Wildman–Crippen LogP) is 5.57. The Balaban J connectivity index is 1.19. The Labute approximate surface area is 257 Å². The first kappa shape index (κ1) is 31.1. The zero-order chi connectivity index (χ0) is 31.9. The second kappa shape index (κ2) is 12.1. The maximum atomic E-state index is 14.8. The highest BCUT2D eigenvalue weighted by Gasteiger charge is 2.36. The van der Waals surface area contributed by atoms with Gasteiger partial charge in [0.05, 0.1) is 35.0 Å². The van der Waals surface area contributed by atoms with Crippen LogP contribution in [0, 0.1) is 0 Å². The van der Waals surface area contributed by atoms with Crippen LogP contribution in [0.2, 0.25) is 0 Å². The van der Waals surface area contributed by atoms with E-state index in [0.29, 0.717) is 35.1 Å². The van der Waals surface area contributed by atoms with Crippen LogP contribution in [0.3, 0.4) is 0 Å². The van der Waals surface area contributed by atoms with E-state index in [2.05, 4.69) is 27.7 Å². The lowest BCUT2D eigenvalue weighted by Gasteiger charge is -2.33. The molecule has 1 aliphatic carbocycles. The lowest BCUT2D eigenvalue weighted by Crippen LogP contribution is -2.46. The van der Waals surface area contributed by atoms with Gasteiger partial charge in [-0.25, -0.2) is 4.39 Å². The van der Waals surface area contributed by atoms with Crippen molar-refractivity contribution in [2.24, 2.45) is 0 Å². The van der Waals surface area contributed by atoms with Crippen LogP contribution in [-0.2, 0) is 17.8 Å². The number of aromatic nitrogens is 4. The van der Waals surface area contributed by atoms with Gasteiger partial charge in [-0.1, -0.05) is 11.2 Å². The molecule has 4 atom stereocenters. The lowest BCUT2D eigenvalue weighted by molar-refractivity contribution is -0.139. The van der Waals surface area contributed by atoms with Gasteiger partial charge in [0.25, 0.3) is 5.91 Å². The number of hydrogen-bond donors (Lipinski definition) is 2. The quantitative estimate of drug-likeness (QED) is 0.233. The number of hydrogen-bond acceptors (Lipinski definition) is 7. The fraction of sp³-hybridized carbons (Fsp3) is 0.516. The summed E-state index contributed by atoms with van der Waals surface area (Å²) in [5.41, 5.74) is 1.20. The molecule has 45 heavy (non-hydrogen) atoms. The molecule has 4 heterocycles. The Morgan fingerprint density at radius 2 is 2.07 bits per heavy atom. The van der Waals surface area contributed by atoms with Crippen LogP contribution in [0.4, 0.5) is 23.2 Å². The van der Waals surface area contributed by atoms with E-state index >= 15 is 0 Å². The van der Waals surface area contributed by atoms with Crippen molar-refractivity contribution in [3.8, 4) is 11.5 Å². The zero-order valence-electron chi connectivity index (χ0n) is 25.4. The molecular formula is C31H37F4N7O3. The monoisotopic (exact) mass is 631 g/mol. The summed E-state index contributed by atoms with van der Waals surface area (Å²) in [6.07, 6.45) is 1.29. The van der Waals surface area contributed by atoms with E-state index in [9.17, 15) is 22.4 Å². The smallest absolute Gasteiger partial charge is 0.379 e. The molecule has 6 rings (SSSR count). The fourth-order valence-corrected chi connectivity index (χ4v) is 6.44. The maximum absolute atomic E-state index is 14.8. The Kier molecular flexibility index (Phi) is 8.37. The van der Waals surface area contributed by atoms with Crippen molar-refractivity contribution in [2.75, 3.05) is 32.6 Å². The number of fused-ring (bicyclic) bond motifs is 1. The summed E-state index contributed by atoms with van der Waals surface area (Å²) in [4.78, 5) is 19.1. The third kappa shape index (κ3) is 6.71. The molecule has 2 aliphatic rings. The van der Waals surface area contributed by atoms with E-state index in [-0.39, 0.29) is 48.0 Å². The van der Waals surface area contributed by atoms with E-state index in [1.165, 1.54) is 0 Å². The maximum Gasteiger partial charge on any atom is 0.406 e. The minimum absolute atomic E-state index is 0.0400. The third-order valence-corrected chi connectivity index (χ3v) is 9.03. The first-order chi connectivity index (χ1) is 21.4. The molecule has 1 aliphatic heterocycles. The first-order valence-electron chi connectivity index (χ1n) is 15.0. The second-order valence-electron chi connectivity index (χ2n) is 12.4. The number of nitrogens with zero attached hydrogens (tertiary/aromatic N) is 5. The first-order valence-corrected chi connectivity index (χ1v) is 15.0. The standard InChI is InChI=1S/C31H37F4N7O3/c1-30(44-3)10-7-20(14-30)41-12-8-19(16-41)29(43)36-15-27-38-28(39-45-27)26-13-21-23(37-24-9-11-40(2)17-22(24)32)5-4-6-25(21)42(26)18-31(33,34)35/h4-6,8,12-13,16,20,22,24,37H,7,9-11,14-15,17-18H2,1-3H3,(H,36,43)/t20-,22+,24-,30+/m1/s1. The highest BCUT2D eigenvalue weighted by atomic mass is 19.4. The van der Waals surface area contributed by atoms with Crippen LogP contribution in [0.15, 0.2) is 47.2 Å². The van der Waals surface area contributed by atoms with Crippen molar-refractivity contribution in [3.05, 3.63) is 54.2 Å². The number of carbonyl (C=O) groups excluding carboxylic acids is 1. The number of likely N-dealkylation sites (tertiary alicyclic amines) is 1. The molecule has 1 saturated carbocycles. The number of rotatable bonds is 9. The van der Waals surface area contributed by atoms with Crippen molar-refractivity contribution >= 4 is 22.5 Å². The van der Waals surface area contributed by atoms with Crippen LogP contribution < -0.4 is 10.6 Å². The molecule has 242 valence electrons. The highest BCUT2D eigenvalue weighted by molar-refractivity contribution is 5.96. The summed E-state index contributed by atoms with van der Waals surface area (Å²) in [6.45, 7) is 1.67. The Hall–Kier alpha value is -3.91. The number of ether oxygens (including phenoxy) is 1. The lowest BCUT2D eigenvalue weighted by atomic mass is 10.0. The van der Waals surface area contributed by atoms with E-state index < -0.39 is 24.9 Å². The summed E-state index contributed by atoms with van der Waals surface area (Å²) >= 11 is 0. The van der Waals surface area contributed by atoms with Gasteiger partial charge < -0.3 is 33.9 Å². The normalized spacial score (nSPS) is 24.4. The van der Waals surface area contributed by atoms with Crippen molar-refractivity contribution in [1.82, 2.24) is 29.5 Å². The van der Waals surface area contributed by atoms with Crippen molar-refractivity contribution < 1.29 is 31.6 Å². The Bertz CT molecular complexity index is 1660. The minimum Gasteiger partial charge on any atom is -0.379 e. The van der Waals surface area contributed by atoms with Gasteiger partial charge in [-0.2, -0.15) is 18.2 Å². The largest absolute Gasteiger partial charge is 0.406 e. The number of anilines is 1. The third-order valence-electron chi connectivity index (χ3n) is 9.03. The van der Waals surface area contributed by atoms with E-state index in [1.54, 1.807) is 43.6 Å². The molecule has 1 amide bonds. The van der Waals surface area contributed by atoms with Crippen LogP contribution >= 0.6 is 0 Å². The van der Waals surface area contributed by atoms with Gasteiger partial charge >= 0.3 is 6.18 Å². The van der Waals surface area contributed by atoms with Crippen molar-refractivity contribution in [3.63, 3.8) is 0 Å². The second-order valence-corrected chi connectivity index (χ2v) is 12.4. The molecule has 0 unspecified atom stereocenters. The fourth-order valence-electron chi connectivity index (χ4n) is 6.44. The number of methoxy groups -OCH3 is 1. The highest BCUT2D eigenvalue weighted by Crippen LogP contribution is 2.40. The van der Waals surface area contributed by atoms with Crippen LogP contribution in [0.1, 0.15) is 54.9 Å². The molecule has 2 N–H and O–H groups in total. The Morgan fingerprint density at radius 1 is 1.24 bits per heavy atom. The topological polar surface area (TPSA) is 102 Å². The van der Waals surface area contributed by atoms with Crippen LogP contribution in [-0.4, -0.2) is 81.3 Å². The summed E-state index contributed by atoms with van der Waals surface area (Å²) in [6, 6.07) is 7.98.